The normalized spacial score (nSPS) is 22.2. The summed E-state index contributed by atoms with van der Waals surface area (Å²) >= 11 is 0. The van der Waals surface area contributed by atoms with Crippen molar-refractivity contribution in [3.63, 3.8) is 0 Å². The van der Waals surface area contributed by atoms with Gasteiger partial charge in [0.2, 0.25) is 0 Å². The minimum Gasteiger partial charge on any atom is -0.369 e. The molecule has 2 heterocycles. The molecule has 7 nitrogen and oxygen atoms in total. The molecule has 2 aliphatic rings. The lowest BCUT2D eigenvalue weighted by molar-refractivity contribution is 0.304. The predicted octanol–water partition coefficient (Wildman–Crippen LogP) is 1.48. The molecule has 1 unspecified atom stereocenters. The van der Waals surface area contributed by atoms with Gasteiger partial charge in [-0.1, -0.05) is 17.7 Å². The molecule has 1 atom stereocenters. The molecule has 0 aliphatic carbocycles. The standard InChI is InChI=1S/C20H33N5O2S.HI/c1-3-21-20(22-9-11-24-12-14-28(26,27)15-13-24)23-18-8-10-25(16-18)19-6-4-17(2)5-7-19;/h4-7,18H,3,8-16H2,1-2H3,(H2,21,22,23);1H. The maximum atomic E-state index is 11.5. The number of aliphatic imine (C=N–C) groups is 1. The number of aryl methyl sites for hydroxylation is 1. The van der Waals surface area contributed by atoms with Crippen LogP contribution in [0.2, 0.25) is 0 Å². The Balaban J connectivity index is 0.00000300. The average molecular weight is 535 g/mol. The number of hydrogen-bond donors (Lipinski definition) is 2. The highest BCUT2D eigenvalue weighted by Crippen LogP contribution is 2.20. The fraction of sp³-hybridized carbons (Fsp3) is 0.650. The average Bonchev–Trinajstić information content (AvgIpc) is 3.12. The topological polar surface area (TPSA) is 77.0 Å². The van der Waals surface area contributed by atoms with Crippen LogP contribution in [0.25, 0.3) is 0 Å². The molecule has 0 spiro atoms. The highest BCUT2D eigenvalue weighted by Gasteiger charge is 2.24. The molecule has 0 saturated carbocycles. The third-order valence-electron chi connectivity index (χ3n) is 5.40. The molecular formula is C20H34IN5O2S. The number of rotatable bonds is 6. The van der Waals surface area contributed by atoms with Crippen molar-refractivity contribution in [3.8, 4) is 0 Å². The molecule has 9 heteroatoms. The van der Waals surface area contributed by atoms with Crippen LogP contribution in [0.4, 0.5) is 5.69 Å². The SMILES string of the molecule is CCNC(=NCCN1CCS(=O)(=O)CC1)NC1CCN(c2ccc(C)cc2)C1.I. The van der Waals surface area contributed by atoms with Crippen molar-refractivity contribution in [2.75, 3.05) is 62.2 Å². The third-order valence-corrected chi connectivity index (χ3v) is 7.00. The first-order chi connectivity index (χ1) is 13.4. The largest absolute Gasteiger partial charge is 0.369 e. The van der Waals surface area contributed by atoms with E-state index in [1.54, 1.807) is 0 Å². The van der Waals surface area contributed by atoms with Crippen LogP contribution in [-0.2, 0) is 9.84 Å². The molecule has 2 N–H and O–H groups in total. The van der Waals surface area contributed by atoms with Gasteiger partial charge in [0, 0.05) is 51.0 Å². The summed E-state index contributed by atoms with van der Waals surface area (Å²) in [5, 5.41) is 6.89. The van der Waals surface area contributed by atoms with Crippen molar-refractivity contribution >= 4 is 45.5 Å². The summed E-state index contributed by atoms with van der Waals surface area (Å²) in [6, 6.07) is 9.08. The minimum atomic E-state index is -2.82. The van der Waals surface area contributed by atoms with Crippen molar-refractivity contribution < 1.29 is 8.42 Å². The Labute approximate surface area is 192 Å². The lowest BCUT2D eigenvalue weighted by atomic mass is 10.2. The highest BCUT2D eigenvalue weighted by molar-refractivity contribution is 14.0. The van der Waals surface area contributed by atoms with E-state index in [9.17, 15) is 8.42 Å². The van der Waals surface area contributed by atoms with E-state index in [-0.39, 0.29) is 35.5 Å². The zero-order chi connectivity index (χ0) is 20.0. The second-order valence-electron chi connectivity index (χ2n) is 7.67. The summed E-state index contributed by atoms with van der Waals surface area (Å²) in [6.45, 7) is 9.73. The molecule has 0 amide bonds. The van der Waals surface area contributed by atoms with Gasteiger partial charge in [-0.3, -0.25) is 9.89 Å². The van der Waals surface area contributed by atoms with Gasteiger partial charge in [0.1, 0.15) is 0 Å². The van der Waals surface area contributed by atoms with Crippen LogP contribution in [0, 0.1) is 6.92 Å². The van der Waals surface area contributed by atoms with Crippen LogP contribution < -0.4 is 15.5 Å². The highest BCUT2D eigenvalue weighted by atomic mass is 127. The van der Waals surface area contributed by atoms with Crippen LogP contribution in [0.3, 0.4) is 0 Å². The first kappa shape index (κ1) is 24.2. The van der Waals surface area contributed by atoms with Gasteiger partial charge >= 0.3 is 0 Å². The molecular weight excluding hydrogens is 501 g/mol. The van der Waals surface area contributed by atoms with Gasteiger partial charge in [-0.25, -0.2) is 8.42 Å². The number of anilines is 1. The van der Waals surface area contributed by atoms with E-state index in [1.165, 1.54) is 11.3 Å². The lowest BCUT2D eigenvalue weighted by Crippen LogP contribution is -2.45. The van der Waals surface area contributed by atoms with Crippen molar-refractivity contribution in [2.24, 2.45) is 4.99 Å². The van der Waals surface area contributed by atoms with E-state index in [4.69, 9.17) is 4.99 Å². The van der Waals surface area contributed by atoms with E-state index in [0.29, 0.717) is 25.7 Å². The van der Waals surface area contributed by atoms with Crippen LogP contribution in [-0.4, -0.2) is 82.6 Å². The fourth-order valence-electron chi connectivity index (χ4n) is 3.66. The Hall–Kier alpha value is -1.07. The Kier molecular flexibility index (Phi) is 9.48. The number of guanidine groups is 1. The molecule has 0 bridgehead atoms. The van der Waals surface area contributed by atoms with Crippen molar-refractivity contribution in [1.82, 2.24) is 15.5 Å². The van der Waals surface area contributed by atoms with Gasteiger partial charge in [-0.2, -0.15) is 0 Å². The summed E-state index contributed by atoms with van der Waals surface area (Å²) in [6.07, 6.45) is 1.09. The first-order valence-corrected chi connectivity index (χ1v) is 12.1. The van der Waals surface area contributed by atoms with Crippen molar-refractivity contribution in [2.45, 2.75) is 26.3 Å². The van der Waals surface area contributed by atoms with Crippen LogP contribution >= 0.6 is 24.0 Å². The molecule has 1 aromatic rings. The number of hydrogen-bond acceptors (Lipinski definition) is 5. The molecule has 29 heavy (non-hydrogen) atoms. The van der Waals surface area contributed by atoms with E-state index in [2.05, 4.69) is 58.5 Å². The molecule has 3 rings (SSSR count). The third kappa shape index (κ3) is 7.60. The zero-order valence-corrected chi connectivity index (χ0v) is 20.6. The lowest BCUT2D eigenvalue weighted by Gasteiger charge is -2.26. The number of nitrogens with zero attached hydrogens (tertiary/aromatic N) is 3. The molecule has 2 fully saturated rings. The monoisotopic (exact) mass is 535 g/mol. The van der Waals surface area contributed by atoms with Gasteiger partial charge in [0.25, 0.3) is 0 Å². The quantitative estimate of drug-likeness (QED) is 0.327. The van der Waals surface area contributed by atoms with Gasteiger partial charge < -0.3 is 15.5 Å². The minimum absolute atomic E-state index is 0. The van der Waals surface area contributed by atoms with Crippen LogP contribution in [0.5, 0.6) is 0 Å². The van der Waals surface area contributed by atoms with E-state index < -0.39 is 9.84 Å². The van der Waals surface area contributed by atoms with Gasteiger partial charge in [0.05, 0.1) is 18.1 Å². The van der Waals surface area contributed by atoms with Crippen LogP contribution in [0.15, 0.2) is 29.3 Å². The zero-order valence-electron chi connectivity index (χ0n) is 17.4. The molecule has 164 valence electrons. The molecule has 2 aliphatic heterocycles. The van der Waals surface area contributed by atoms with E-state index in [1.807, 2.05) is 0 Å². The Morgan fingerprint density at radius 2 is 1.86 bits per heavy atom. The van der Waals surface area contributed by atoms with Crippen molar-refractivity contribution in [3.05, 3.63) is 29.8 Å². The number of benzene rings is 1. The first-order valence-electron chi connectivity index (χ1n) is 10.2. The fourth-order valence-corrected chi connectivity index (χ4v) is 4.94. The second kappa shape index (κ2) is 11.4. The summed E-state index contributed by atoms with van der Waals surface area (Å²) in [5.41, 5.74) is 2.56. The van der Waals surface area contributed by atoms with Crippen LogP contribution in [0.1, 0.15) is 18.9 Å². The Morgan fingerprint density at radius 3 is 2.52 bits per heavy atom. The van der Waals surface area contributed by atoms with E-state index in [0.717, 1.165) is 38.6 Å². The summed E-state index contributed by atoms with van der Waals surface area (Å²) < 4.78 is 23.0. The summed E-state index contributed by atoms with van der Waals surface area (Å²) in [7, 11) is -2.82. The van der Waals surface area contributed by atoms with E-state index >= 15 is 0 Å². The molecule has 0 aromatic heterocycles. The molecule has 2 saturated heterocycles. The summed E-state index contributed by atoms with van der Waals surface area (Å²) in [4.78, 5) is 9.30. The molecule has 1 aromatic carbocycles. The maximum Gasteiger partial charge on any atom is 0.191 e. The predicted molar refractivity (Wildman–Crippen MR) is 131 cm³/mol. The molecule has 0 radical (unpaired) electrons. The smallest absolute Gasteiger partial charge is 0.191 e. The maximum absolute atomic E-state index is 11.5. The number of halogens is 1. The Morgan fingerprint density at radius 1 is 1.17 bits per heavy atom. The summed E-state index contributed by atoms with van der Waals surface area (Å²) in [5.74, 6) is 1.39. The van der Waals surface area contributed by atoms with Crippen molar-refractivity contribution in [1.29, 1.82) is 0 Å². The Bertz CT molecular complexity index is 756. The number of sulfone groups is 1. The van der Waals surface area contributed by atoms with Gasteiger partial charge in [0.15, 0.2) is 15.8 Å². The van der Waals surface area contributed by atoms with Gasteiger partial charge in [-0.05, 0) is 32.4 Å². The second-order valence-corrected chi connectivity index (χ2v) is 9.97. The van der Waals surface area contributed by atoms with Gasteiger partial charge in [-0.15, -0.1) is 24.0 Å². The number of nitrogens with one attached hydrogen (secondary N) is 2.